The molecule has 0 atom stereocenters. The number of nitrogens with one attached hydrogen (secondary N) is 1. The van der Waals surface area contributed by atoms with Gasteiger partial charge >= 0.3 is 5.97 Å². The van der Waals surface area contributed by atoms with E-state index in [1.54, 1.807) is 31.4 Å². The smallest absolute Gasteiger partial charge is 0.341 e. The van der Waals surface area contributed by atoms with Gasteiger partial charge in [-0.3, -0.25) is 4.79 Å². The maximum atomic E-state index is 12.3. The van der Waals surface area contributed by atoms with Gasteiger partial charge < -0.3 is 19.9 Å². The summed E-state index contributed by atoms with van der Waals surface area (Å²) >= 11 is 0. The first-order valence-corrected chi connectivity index (χ1v) is 6.87. The summed E-state index contributed by atoms with van der Waals surface area (Å²) < 4.78 is 10.5. The lowest BCUT2D eigenvalue weighted by atomic mass is 10.0. The fourth-order valence-electron chi connectivity index (χ4n) is 2.49. The predicted molar refractivity (Wildman–Crippen MR) is 76.4 cm³/mol. The molecule has 6 nitrogen and oxygen atoms in total. The summed E-state index contributed by atoms with van der Waals surface area (Å²) in [5.41, 5.74) is -0.0932. The van der Waals surface area contributed by atoms with Crippen LogP contribution in [0.1, 0.15) is 25.7 Å². The lowest BCUT2D eigenvalue weighted by Crippen LogP contribution is -2.42. The molecule has 2 rings (SSSR count). The molecule has 0 unspecified atom stereocenters. The van der Waals surface area contributed by atoms with Gasteiger partial charge in [-0.05, 0) is 49.9 Å². The molecule has 21 heavy (non-hydrogen) atoms. The van der Waals surface area contributed by atoms with E-state index in [0.717, 1.165) is 25.7 Å². The predicted octanol–water partition coefficient (Wildman–Crippen LogP) is 2.05. The molecule has 1 aliphatic rings. The van der Waals surface area contributed by atoms with Crippen LogP contribution < -0.4 is 10.1 Å². The van der Waals surface area contributed by atoms with Gasteiger partial charge in [0.2, 0.25) is 0 Å². The van der Waals surface area contributed by atoms with Crippen molar-refractivity contribution in [1.82, 2.24) is 0 Å². The molecule has 0 bridgehead atoms. The van der Waals surface area contributed by atoms with Crippen LogP contribution in [0.25, 0.3) is 0 Å². The third-order valence-electron chi connectivity index (χ3n) is 3.69. The van der Waals surface area contributed by atoms with Crippen molar-refractivity contribution in [1.29, 1.82) is 0 Å². The number of carboxylic acid groups (broad SMARTS) is 1. The number of aliphatic carboxylic acids is 1. The Balaban J connectivity index is 1.96. The maximum absolute atomic E-state index is 12.3. The molecule has 1 aliphatic carbocycles. The van der Waals surface area contributed by atoms with E-state index in [-0.39, 0.29) is 5.91 Å². The zero-order chi connectivity index (χ0) is 15.3. The van der Waals surface area contributed by atoms with Gasteiger partial charge in [0.05, 0.1) is 0 Å². The Hall–Kier alpha value is -2.08. The highest BCUT2D eigenvalue weighted by Crippen LogP contribution is 2.33. The molecular weight excluding hydrogens is 274 g/mol. The molecule has 1 aromatic carbocycles. The quantitative estimate of drug-likeness (QED) is 0.838. The monoisotopic (exact) mass is 293 g/mol. The molecule has 2 N–H and O–H groups in total. The van der Waals surface area contributed by atoms with Gasteiger partial charge in [-0.1, -0.05) is 0 Å². The Morgan fingerprint density at radius 1 is 1.24 bits per heavy atom. The molecule has 1 saturated carbocycles. The number of carbonyl (C=O) groups excluding carboxylic acids is 1. The highest BCUT2D eigenvalue weighted by Gasteiger charge is 2.41. The number of amides is 1. The Bertz CT molecular complexity index is 505. The van der Waals surface area contributed by atoms with E-state index in [0.29, 0.717) is 11.4 Å². The largest absolute Gasteiger partial charge is 0.482 e. The minimum absolute atomic E-state index is 0.137. The number of ether oxygens (including phenoxy) is 2. The highest BCUT2D eigenvalue weighted by atomic mass is 16.5. The van der Waals surface area contributed by atoms with Crippen molar-refractivity contribution in [3.8, 4) is 5.75 Å². The second-order valence-corrected chi connectivity index (χ2v) is 5.07. The van der Waals surface area contributed by atoms with E-state index in [9.17, 15) is 9.59 Å². The number of benzene rings is 1. The van der Waals surface area contributed by atoms with Crippen LogP contribution in [0.4, 0.5) is 5.69 Å². The fourth-order valence-corrected chi connectivity index (χ4v) is 2.49. The topological polar surface area (TPSA) is 84.9 Å². The second kappa shape index (κ2) is 6.58. The van der Waals surface area contributed by atoms with Gasteiger partial charge in [-0.15, -0.1) is 0 Å². The van der Waals surface area contributed by atoms with Gasteiger partial charge in [0.1, 0.15) is 11.4 Å². The standard InChI is InChI=1S/C15H19NO5/c1-20-15(8-2-3-9-15)14(19)16-11-4-6-12(7-5-11)21-10-13(17)18/h4-7H,2-3,8-10H2,1H3,(H,16,19)(H,17,18). The molecule has 0 spiro atoms. The van der Waals surface area contributed by atoms with E-state index in [4.69, 9.17) is 14.6 Å². The van der Waals surface area contributed by atoms with Crippen molar-refractivity contribution in [3.05, 3.63) is 24.3 Å². The molecule has 1 fully saturated rings. The van der Waals surface area contributed by atoms with Crippen LogP contribution in [0, 0.1) is 0 Å². The number of rotatable bonds is 6. The van der Waals surface area contributed by atoms with E-state index < -0.39 is 18.2 Å². The van der Waals surface area contributed by atoms with E-state index in [2.05, 4.69) is 5.32 Å². The van der Waals surface area contributed by atoms with Crippen molar-refractivity contribution in [3.63, 3.8) is 0 Å². The van der Waals surface area contributed by atoms with Gasteiger partial charge in [-0.25, -0.2) is 4.79 Å². The highest BCUT2D eigenvalue weighted by molar-refractivity contribution is 5.97. The summed E-state index contributed by atoms with van der Waals surface area (Å²) in [4.78, 5) is 22.7. The van der Waals surface area contributed by atoms with Crippen LogP contribution in [0.3, 0.4) is 0 Å². The van der Waals surface area contributed by atoms with Crippen LogP contribution in [0.5, 0.6) is 5.75 Å². The number of methoxy groups -OCH3 is 1. The lowest BCUT2D eigenvalue weighted by molar-refractivity contribution is -0.139. The van der Waals surface area contributed by atoms with Gasteiger partial charge in [0, 0.05) is 12.8 Å². The average molecular weight is 293 g/mol. The summed E-state index contributed by atoms with van der Waals surface area (Å²) in [5, 5.41) is 11.4. The van der Waals surface area contributed by atoms with Crippen LogP contribution in [-0.2, 0) is 14.3 Å². The second-order valence-electron chi connectivity index (χ2n) is 5.07. The first-order chi connectivity index (χ1) is 10.1. The fraction of sp³-hybridized carbons (Fsp3) is 0.467. The minimum atomic E-state index is -1.03. The summed E-state index contributed by atoms with van der Waals surface area (Å²) in [7, 11) is 1.56. The SMILES string of the molecule is COC1(C(=O)Nc2ccc(OCC(=O)O)cc2)CCCC1. The third kappa shape index (κ3) is 3.72. The number of hydrogen-bond acceptors (Lipinski definition) is 4. The number of carboxylic acids is 1. The van der Waals surface area contributed by atoms with Crippen molar-refractivity contribution >= 4 is 17.6 Å². The molecule has 0 radical (unpaired) electrons. The lowest BCUT2D eigenvalue weighted by Gasteiger charge is -2.25. The Morgan fingerprint density at radius 2 is 1.86 bits per heavy atom. The minimum Gasteiger partial charge on any atom is -0.482 e. The van der Waals surface area contributed by atoms with Gasteiger partial charge in [-0.2, -0.15) is 0 Å². The first-order valence-electron chi connectivity index (χ1n) is 6.87. The summed E-state index contributed by atoms with van der Waals surface area (Å²) in [6.45, 7) is -0.390. The van der Waals surface area contributed by atoms with Gasteiger partial charge in [0.25, 0.3) is 5.91 Å². The van der Waals surface area contributed by atoms with Crippen LogP contribution in [-0.4, -0.2) is 36.3 Å². The van der Waals surface area contributed by atoms with E-state index in [1.165, 1.54) is 0 Å². The molecule has 1 aromatic rings. The molecule has 0 aromatic heterocycles. The summed E-state index contributed by atoms with van der Waals surface area (Å²) in [6.07, 6.45) is 3.44. The summed E-state index contributed by atoms with van der Waals surface area (Å²) in [6, 6.07) is 6.58. The van der Waals surface area contributed by atoms with Crippen molar-refractivity contribution in [2.24, 2.45) is 0 Å². The summed E-state index contributed by atoms with van der Waals surface area (Å²) in [5.74, 6) is -0.727. The van der Waals surface area contributed by atoms with Crippen molar-refractivity contribution < 1.29 is 24.2 Å². The third-order valence-corrected chi connectivity index (χ3v) is 3.69. The average Bonchev–Trinajstić information content (AvgIpc) is 2.96. The van der Waals surface area contributed by atoms with Crippen LogP contribution in [0.2, 0.25) is 0 Å². The van der Waals surface area contributed by atoms with Crippen LogP contribution >= 0.6 is 0 Å². The number of hydrogen-bond donors (Lipinski definition) is 2. The first kappa shape index (κ1) is 15.3. The van der Waals surface area contributed by atoms with Gasteiger partial charge in [0.15, 0.2) is 6.61 Å². The number of carbonyl (C=O) groups is 2. The Labute approximate surface area is 123 Å². The van der Waals surface area contributed by atoms with Crippen molar-refractivity contribution in [2.75, 3.05) is 19.0 Å². The molecule has 0 saturated heterocycles. The molecule has 114 valence electrons. The zero-order valence-corrected chi connectivity index (χ0v) is 11.9. The Morgan fingerprint density at radius 3 is 2.38 bits per heavy atom. The van der Waals surface area contributed by atoms with Crippen molar-refractivity contribution in [2.45, 2.75) is 31.3 Å². The zero-order valence-electron chi connectivity index (χ0n) is 11.9. The molecule has 0 heterocycles. The van der Waals surface area contributed by atoms with Crippen LogP contribution in [0.15, 0.2) is 24.3 Å². The maximum Gasteiger partial charge on any atom is 0.341 e. The molecular formula is C15H19NO5. The van der Waals surface area contributed by atoms with E-state index in [1.807, 2.05) is 0 Å². The van der Waals surface area contributed by atoms with E-state index >= 15 is 0 Å². The number of anilines is 1. The molecule has 6 heteroatoms. The molecule has 0 aliphatic heterocycles. The normalized spacial score (nSPS) is 16.4. The Kier molecular flexibility index (Phi) is 4.80. The molecule has 1 amide bonds.